The molecular weight excluding hydrogens is 444 g/mol. The summed E-state index contributed by atoms with van der Waals surface area (Å²) in [5, 5.41) is 2.99. The number of Topliss-reactive ketones (excluding diaryl/α,β-unsaturated/α-hetero) is 1. The van der Waals surface area contributed by atoms with E-state index < -0.39 is 0 Å². The zero-order chi connectivity index (χ0) is 23.3. The van der Waals surface area contributed by atoms with Crippen molar-refractivity contribution >= 4 is 28.2 Å². The van der Waals surface area contributed by atoms with Crippen LogP contribution in [0.15, 0.2) is 72.2 Å². The molecule has 1 aromatic heterocycles. The van der Waals surface area contributed by atoms with Gasteiger partial charge in [0.1, 0.15) is 5.78 Å². The van der Waals surface area contributed by atoms with Gasteiger partial charge in [0, 0.05) is 44.2 Å². The highest BCUT2D eigenvalue weighted by Crippen LogP contribution is 2.30. The summed E-state index contributed by atoms with van der Waals surface area (Å²) in [5.74, 6) is 0.0759. The molecule has 2 saturated heterocycles. The molecule has 34 heavy (non-hydrogen) atoms. The second kappa shape index (κ2) is 10.5. The van der Waals surface area contributed by atoms with Gasteiger partial charge in [-0.3, -0.25) is 14.5 Å². The molecule has 0 aliphatic carbocycles. The molecule has 6 nitrogen and oxygen atoms in total. The van der Waals surface area contributed by atoms with E-state index in [-0.39, 0.29) is 17.9 Å². The lowest BCUT2D eigenvalue weighted by Crippen LogP contribution is -2.60. The minimum absolute atomic E-state index is 0.00836. The summed E-state index contributed by atoms with van der Waals surface area (Å²) in [6.45, 7) is 4.21. The highest BCUT2D eigenvalue weighted by Gasteiger charge is 2.37. The fourth-order valence-corrected chi connectivity index (χ4v) is 5.82. The minimum Gasteiger partial charge on any atom is -0.344 e. The number of anilines is 1. The zero-order valence-electron chi connectivity index (χ0n) is 19.3. The Bertz CT molecular complexity index is 1050. The smallest absolute Gasteiger partial charge is 0.234 e. The van der Waals surface area contributed by atoms with Gasteiger partial charge in [-0.05, 0) is 24.1 Å². The first-order chi connectivity index (χ1) is 16.7. The summed E-state index contributed by atoms with van der Waals surface area (Å²) < 4.78 is 0. The number of rotatable bonds is 6. The van der Waals surface area contributed by atoms with Crippen LogP contribution in [0, 0.1) is 0 Å². The predicted octanol–water partition coefficient (Wildman–Crippen LogP) is 3.66. The summed E-state index contributed by atoms with van der Waals surface area (Å²) in [7, 11) is 0. The monoisotopic (exact) mass is 474 g/mol. The van der Waals surface area contributed by atoms with Crippen LogP contribution in [0.5, 0.6) is 0 Å². The van der Waals surface area contributed by atoms with E-state index in [0.717, 1.165) is 42.3 Å². The van der Waals surface area contributed by atoms with Gasteiger partial charge in [0.15, 0.2) is 5.13 Å². The number of carbonyl (C=O) groups excluding carboxylic acids is 2. The number of hydrogen-bond donors (Lipinski definition) is 0. The zero-order valence-corrected chi connectivity index (χ0v) is 20.1. The largest absolute Gasteiger partial charge is 0.344 e. The van der Waals surface area contributed by atoms with E-state index in [1.54, 1.807) is 11.3 Å². The Hall–Kier alpha value is -3.03. The lowest BCUT2D eigenvalue weighted by atomic mass is 9.89. The highest BCUT2D eigenvalue weighted by molar-refractivity contribution is 7.13. The Morgan fingerprint density at radius 1 is 1.00 bits per heavy atom. The van der Waals surface area contributed by atoms with Crippen molar-refractivity contribution in [2.24, 2.45) is 0 Å². The summed E-state index contributed by atoms with van der Waals surface area (Å²) >= 11 is 1.63. The van der Waals surface area contributed by atoms with Gasteiger partial charge in [-0.1, -0.05) is 60.7 Å². The van der Waals surface area contributed by atoms with Crippen LogP contribution in [0.3, 0.4) is 0 Å². The fourth-order valence-electron chi connectivity index (χ4n) is 5.14. The van der Waals surface area contributed by atoms with E-state index >= 15 is 0 Å². The van der Waals surface area contributed by atoms with Gasteiger partial charge in [0.05, 0.1) is 18.5 Å². The van der Waals surface area contributed by atoms with Crippen LogP contribution in [-0.2, 0) is 9.59 Å². The number of piperidine rings is 1. The number of thiazole rings is 1. The minimum atomic E-state index is -0.348. The molecule has 0 radical (unpaired) electrons. The Morgan fingerprint density at radius 2 is 1.71 bits per heavy atom. The van der Waals surface area contributed by atoms with Crippen LogP contribution < -0.4 is 4.90 Å². The molecule has 1 amide bonds. The molecule has 0 saturated carbocycles. The molecule has 2 aliphatic rings. The van der Waals surface area contributed by atoms with Crippen molar-refractivity contribution < 1.29 is 9.59 Å². The van der Waals surface area contributed by atoms with Crippen molar-refractivity contribution in [3.05, 3.63) is 83.4 Å². The van der Waals surface area contributed by atoms with Gasteiger partial charge < -0.3 is 9.80 Å². The van der Waals surface area contributed by atoms with Crippen molar-refractivity contribution in [1.29, 1.82) is 0 Å². The number of hydrogen-bond acceptors (Lipinski definition) is 6. The maximum absolute atomic E-state index is 14.2. The third-order valence-electron chi connectivity index (χ3n) is 6.77. The van der Waals surface area contributed by atoms with Crippen molar-refractivity contribution in [3.8, 4) is 0 Å². The average molecular weight is 475 g/mol. The summed E-state index contributed by atoms with van der Waals surface area (Å²) in [4.78, 5) is 37.4. The van der Waals surface area contributed by atoms with Gasteiger partial charge >= 0.3 is 0 Å². The Balaban J connectivity index is 1.44. The van der Waals surface area contributed by atoms with Crippen LogP contribution >= 0.6 is 11.3 Å². The molecule has 0 N–H and O–H groups in total. The lowest BCUT2D eigenvalue weighted by Gasteiger charge is -2.44. The van der Waals surface area contributed by atoms with Crippen molar-refractivity contribution in [3.63, 3.8) is 0 Å². The van der Waals surface area contributed by atoms with Crippen molar-refractivity contribution in [2.75, 3.05) is 44.2 Å². The molecule has 0 spiro atoms. The van der Waals surface area contributed by atoms with E-state index in [0.29, 0.717) is 31.8 Å². The molecule has 1 atom stereocenters. The molecule has 5 rings (SSSR count). The number of carbonyl (C=O) groups is 2. The standard InChI is InChI=1S/C27H30N4O2S/c32-24-12-7-14-29(20-24)18-23-19-30(27-28-13-17-34-27)15-16-31(23)26(33)25(21-8-3-1-4-9-21)22-10-5-2-6-11-22/h1-6,8-11,13,17,23,25H,7,12,14-16,18-20H2/t23-/m1/s1. The number of aromatic nitrogens is 1. The molecule has 2 fully saturated rings. The number of ketones is 1. The first-order valence-corrected chi connectivity index (χ1v) is 12.9. The third-order valence-corrected chi connectivity index (χ3v) is 7.60. The highest BCUT2D eigenvalue weighted by atomic mass is 32.1. The van der Waals surface area contributed by atoms with E-state index in [9.17, 15) is 9.59 Å². The topological polar surface area (TPSA) is 56.8 Å². The maximum Gasteiger partial charge on any atom is 0.234 e. The molecule has 7 heteroatoms. The normalized spacial score (nSPS) is 19.6. The number of benzene rings is 2. The van der Waals surface area contributed by atoms with Gasteiger partial charge in [0.2, 0.25) is 5.91 Å². The Labute approximate surface area is 204 Å². The van der Waals surface area contributed by atoms with Gasteiger partial charge in [-0.25, -0.2) is 4.98 Å². The van der Waals surface area contributed by atoms with Crippen molar-refractivity contribution in [1.82, 2.24) is 14.8 Å². The van der Waals surface area contributed by atoms with Gasteiger partial charge in [0.25, 0.3) is 0 Å². The number of amides is 1. The van der Waals surface area contributed by atoms with E-state index in [4.69, 9.17) is 0 Å². The first-order valence-electron chi connectivity index (χ1n) is 12.0. The Morgan fingerprint density at radius 3 is 2.32 bits per heavy atom. The number of piperazine rings is 1. The molecule has 176 valence electrons. The summed E-state index contributed by atoms with van der Waals surface area (Å²) in [5.41, 5.74) is 2.01. The molecule has 3 aromatic rings. The quantitative estimate of drug-likeness (QED) is 0.546. The van der Waals surface area contributed by atoms with Crippen molar-refractivity contribution in [2.45, 2.75) is 24.8 Å². The van der Waals surface area contributed by atoms with Crippen LogP contribution in [0.4, 0.5) is 5.13 Å². The molecular formula is C27H30N4O2S. The Kier molecular flexibility index (Phi) is 7.02. The van der Waals surface area contributed by atoms with Crippen LogP contribution in [0.25, 0.3) is 0 Å². The van der Waals surface area contributed by atoms with Crippen LogP contribution in [0.1, 0.15) is 29.9 Å². The summed E-state index contributed by atoms with van der Waals surface area (Å²) in [6, 6.07) is 20.1. The fraction of sp³-hybridized carbons (Fsp3) is 0.370. The summed E-state index contributed by atoms with van der Waals surface area (Å²) in [6.07, 6.45) is 3.39. The molecule has 2 aromatic carbocycles. The molecule has 3 heterocycles. The second-order valence-corrected chi connectivity index (χ2v) is 9.95. The van der Waals surface area contributed by atoms with E-state index in [1.807, 2.05) is 72.2 Å². The molecule has 0 unspecified atom stereocenters. The van der Waals surface area contributed by atoms with Crippen LogP contribution in [0.2, 0.25) is 0 Å². The van der Waals surface area contributed by atoms with Crippen LogP contribution in [-0.4, -0.2) is 71.8 Å². The molecule has 0 bridgehead atoms. The number of nitrogens with zero attached hydrogens (tertiary/aromatic N) is 4. The molecule has 2 aliphatic heterocycles. The van der Waals surface area contributed by atoms with Gasteiger partial charge in [-0.2, -0.15) is 0 Å². The van der Waals surface area contributed by atoms with E-state index in [2.05, 4.69) is 19.7 Å². The first kappa shape index (κ1) is 22.7. The van der Waals surface area contributed by atoms with E-state index in [1.165, 1.54) is 0 Å². The third kappa shape index (κ3) is 5.05. The second-order valence-electron chi connectivity index (χ2n) is 9.08. The van der Waals surface area contributed by atoms with Gasteiger partial charge in [-0.15, -0.1) is 11.3 Å². The maximum atomic E-state index is 14.2. The SMILES string of the molecule is O=C1CCCN(C[C@@H]2CN(c3nccs3)CCN2C(=O)C(c2ccccc2)c2ccccc2)C1. The predicted molar refractivity (Wildman–Crippen MR) is 135 cm³/mol. The average Bonchev–Trinajstić information content (AvgIpc) is 3.41. The lowest BCUT2D eigenvalue weighted by molar-refractivity contribution is -0.135. The number of likely N-dealkylation sites (tertiary alicyclic amines) is 1.